The van der Waals surface area contributed by atoms with Crippen molar-refractivity contribution in [2.24, 2.45) is 0 Å². The number of fused-ring (bicyclic) bond motifs is 1. The summed E-state index contributed by atoms with van der Waals surface area (Å²) in [6, 6.07) is 2.06. The molecule has 4 nitrogen and oxygen atoms in total. The largest absolute Gasteiger partial charge is 0.493 e. The molecule has 1 aromatic rings. The first kappa shape index (κ1) is 12.0. The molecule has 1 aliphatic heterocycles. The van der Waals surface area contributed by atoms with Crippen LogP contribution in [0.5, 0.6) is 17.2 Å². The fourth-order valence-corrected chi connectivity index (χ4v) is 2.33. The van der Waals surface area contributed by atoms with E-state index >= 15 is 0 Å². The first-order valence-corrected chi connectivity index (χ1v) is 5.83. The molecule has 94 valence electrons. The monoisotopic (exact) mass is 237 g/mol. The second-order valence-corrected chi connectivity index (χ2v) is 4.03. The quantitative estimate of drug-likeness (QED) is 0.862. The first-order valence-electron chi connectivity index (χ1n) is 5.83. The molecule has 0 bridgehead atoms. The van der Waals surface area contributed by atoms with Crippen LogP contribution in [0.3, 0.4) is 0 Å². The van der Waals surface area contributed by atoms with E-state index in [9.17, 15) is 0 Å². The van der Waals surface area contributed by atoms with E-state index in [1.165, 1.54) is 11.1 Å². The number of hydrogen-bond acceptors (Lipinski definition) is 4. The van der Waals surface area contributed by atoms with Gasteiger partial charge in [-0.2, -0.15) is 0 Å². The Morgan fingerprint density at radius 2 is 1.65 bits per heavy atom. The lowest BCUT2D eigenvalue weighted by molar-refractivity contribution is 0.321. The standard InChI is InChI=1S/C13H19NO3/c1-15-11-8-9-4-6-14-7-5-10(9)12(16-2)13(11)17-3/h8,14H,4-7H2,1-3H3. The summed E-state index contributed by atoms with van der Waals surface area (Å²) in [5, 5.41) is 3.38. The van der Waals surface area contributed by atoms with Crippen LogP contribution in [0.1, 0.15) is 11.1 Å². The summed E-state index contributed by atoms with van der Waals surface area (Å²) in [7, 11) is 4.97. The highest BCUT2D eigenvalue weighted by molar-refractivity contribution is 5.59. The molecule has 0 atom stereocenters. The van der Waals surface area contributed by atoms with Crippen molar-refractivity contribution in [2.75, 3.05) is 34.4 Å². The summed E-state index contributed by atoms with van der Waals surface area (Å²) in [6.07, 6.45) is 1.95. The topological polar surface area (TPSA) is 39.7 Å². The average Bonchev–Trinajstić information content (AvgIpc) is 2.60. The van der Waals surface area contributed by atoms with Crippen LogP contribution in [0.25, 0.3) is 0 Å². The van der Waals surface area contributed by atoms with E-state index in [2.05, 4.69) is 11.4 Å². The maximum Gasteiger partial charge on any atom is 0.203 e. The van der Waals surface area contributed by atoms with Crippen molar-refractivity contribution in [3.63, 3.8) is 0 Å². The molecule has 17 heavy (non-hydrogen) atoms. The van der Waals surface area contributed by atoms with Gasteiger partial charge in [0.05, 0.1) is 21.3 Å². The van der Waals surface area contributed by atoms with Gasteiger partial charge in [0.2, 0.25) is 5.75 Å². The molecular formula is C13H19NO3. The molecule has 0 saturated heterocycles. The molecule has 0 saturated carbocycles. The lowest BCUT2D eigenvalue weighted by Gasteiger charge is -2.18. The number of benzene rings is 1. The van der Waals surface area contributed by atoms with Crippen molar-refractivity contribution >= 4 is 0 Å². The molecule has 0 unspecified atom stereocenters. The molecule has 0 aliphatic carbocycles. The zero-order valence-corrected chi connectivity index (χ0v) is 10.6. The van der Waals surface area contributed by atoms with Crippen LogP contribution < -0.4 is 19.5 Å². The Balaban J connectivity index is 2.58. The molecule has 1 aromatic carbocycles. The fraction of sp³-hybridized carbons (Fsp3) is 0.538. The number of methoxy groups -OCH3 is 3. The molecule has 1 aliphatic rings. The maximum absolute atomic E-state index is 5.50. The second kappa shape index (κ2) is 5.27. The molecular weight excluding hydrogens is 218 g/mol. The van der Waals surface area contributed by atoms with Crippen molar-refractivity contribution < 1.29 is 14.2 Å². The van der Waals surface area contributed by atoms with Gasteiger partial charge < -0.3 is 19.5 Å². The molecule has 0 radical (unpaired) electrons. The fourth-order valence-electron chi connectivity index (χ4n) is 2.33. The van der Waals surface area contributed by atoms with E-state index in [1.54, 1.807) is 21.3 Å². The minimum absolute atomic E-state index is 0.690. The van der Waals surface area contributed by atoms with Crippen LogP contribution in [0, 0.1) is 0 Å². The summed E-state index contributed by atoms with van der Waals surface area (Å²) in [5.41, 5.74) is 2.51. The lowest BCUT2D eigenvalue weighted by atomic mass is 10.0. The average molecular weight is 237 g/mol. The maximum atomic E-state index is 5.50. The van der Waals surface area contributed by atoms with E-state index < -0.39 is 0 Å². The Bertz CT molecular complexity index is 404. The Hall–Kier alpha value is -1.42. The Kier molecular flexibility index (Phi) is 3.74. The summed E-state index contributed by atoms with van der Waals surface area (Å²) in [4.78, 5) is 0. The van der Waals surface area contributed by atoms with Crippen LogP contribution in [0.4, 0.5) is 0 Å². The van der Waals surface area contributed by atoms with E-state index in [0.717, 1.165) is 37.4 Å². The predicted octanol–water partition coefficient (Wildman–Crippen LogP) is 1.40. The molecule has 2 rings (SSSR count). The van der Waals surface area contributed by atoms with Gasteiger partial charge in [0.1, 0.15) is 0 Å². The minimum atomic E-state index is 0.690. The molecule has 0 amide bonds. The van der Waals surface area contributed by atoms with Gasteiger partial charge in [-0.15, -0.1) is 0 Å². The van der Waals surface area contributed by atoms with Crippen molar-refractivity contribution in [1.29, 1.82) is 0 Å². The molecule has 4 heteroatoms. The summed E-state index contributed by atoms with van der Waals surface area (Å²) in [6.45, 7) is 1.96. The molecule has 0 fully saturated rings. The van der Waals surface area contributed by atoms with E-state index in [4.69, 9.17) is 14.2 Å². The van der Waals surface area contributed by atoms with Gasteiger partial charge in [0.25, 0.3) is 0 Å². The normalized spacial score (nSPS) is 14.8. The van der Waals surface area contributed by atoms with Crippen LogP contribution in [0.15, 0.2) is 6.07 Å². The van der Waals surface area contributed by atoms with E-state index in [1.807, 2.05) is 0 Å². The predicted molar refractivity (Wildman–Crippen MR) is 66.4 cm³/mol. The highest BCUT2D eigenvalue weighted by atomic mass is 16.5. The number of nitrogens with one attached hydrogen (secondary N) is 1. The zero-order valence-electron chi connectivity index (χ0n) is 10.6. The summed E-state index contributed by atoms with van der Waals surface area (Å²) in [5.74, 6) is 2.24. The van der Waals surface area contributed by atoms with Crippen LogP contribution in [-0.4, -0.2) is 34.4 Å². The third-order valence-electron chi connectivity index (χ3n) is 3.15. The highest BCUT2D eigenvalue weighted by Gasteiger charge is 2.21. The molecule has 0 aromatic heterocycles. The second-order valence-electron chi connectivity index (χ2n) is 4.03. The highest BCUT2D eigenvalue weighted by Crippen LogP contribution is 2.42. The van der Waals surface area contributed by atoms with E-state index in [-0.39, 0.29) is 0 Å². The van der Waals surface area contributed by atoms with E-state index in [0.29, 0.717) is 5.75 Å². The van der Waals surface area contributed by atoms with Crippen molar-refractivity contribution in [3.8, 4) is 17.2 Å². The van der Waals surface area contributed by atoms with Crippen molar-refractivity contribution in [3.05, 3.63) is 17.2 Å². The van der Waals surface area contributed by atoms with Crippen LogP contribution >= 0.6 is 0 Å². The number of hydrogen-bond donors (Lipinski definition) is 1. The summed E-state index contributed by atoms with van der Waals surface area (Å²) < 4.78 is 16.3. The summed E-state index contributed by atoms with van der Waals surface area (Å²) >= 11 is 0. The third kappa shape index (κ3) is 2.17. The smallest absolute Gasteiger partial charge is 0.203 e. The van der Waals surface area contributed by atoms with Gasteiger partial charge in [0.15, 0.2) is 11.5 Å². The molecule has 1 heterocycles. The van der Waals surface area contributed by atoms with Gasteiger partial charge in [-0.25, -0.2) is 0 Å². The van der Waals surface area contributed by atoms with Crippen LogP contribution in [0.2, 0.25) is 0 Å². The van der Waals surface area contributed by atoms with Crippen LogP contribution in [-0.2, 0) is 12.8 Å². The third-order valence-corrected chi connectivity index (χ3v) is 3.15. The van der Waals surface area contributed by atoms with Crippen molar-refractivity contribution in [2.45, 2.75) is 12.8 Å². The Morgan fingerprint density at radius 1 is 0.941 bits per heavy atom. The Morgan fingerprint density at radius 3 is 2.29 bits per heavy atom. The lowest BCUT2D eigenvalue weighted by Crippen LogP contribution is -2.16. The molecule has 0 spiro atoms. The Labute approximate surface area is 102 Å². The number of ether oxygens (including phenoxy) is 3. The van der Waals surface area contributed by atoms with Gasteiger partial charge in [-0.1, -0.05) is 0 Å². The van der Waals surface area contributed by atoms with Gasteiger partial charge in [-0.05, 0) is 37.6 Å². The minimum Gasteiger partial charge on any atom is -0.493 e. The SMILES string of the molecule is COc1cc2c(c(OC)c1OC)CCNCC2. The number of rotatable bonds is 3. The van der Waals surface area contributed by atoms with Crippen molar-refractivity contribution in [1.82, 2.24) is 5.32 Å². The van der Waals surface area contributed by atoms with Gasteiger partial charge in [0, 0.05) is 5.56 Å². The van der Waals surface area contributed by atoms with Gasteiger partial charge in [-0.3, -0.25) is 0 Å². The molecule has 1 N–H and O–H groups in total. The zero-order chi connectivity index (χ0) is 12.3. The first-order chi connectivity index (χ1) is 8.31. The van der Waals surface area contributed by atoms with Gasteiger partial charge >= 0.3 is 0 Å².